The molecule has 0 spiro atoms. The fourth-order valence-corrected chi connectivity index (χ4v) is 9.92. The summed E-state index contributed by atoms with van der Waals surface area (Å²) < 4.78 is 2.26. The summed E-state index contributed by atoms with van der Waals surface area (Å²) in [7, 11) is 0. The molecule has 7 aromatic rings. The zero-order valence-corrected chi connectivity index (χ0v) is 25.1. The van der Waals surface area contributed by atoms with Crippen LogP contribution in [0.2, 0.25) is 0 Å². The summed E-state index contributed by atoms with van der Waals surface area (Å²) in [6, 6.07) is 39.9. The predicted molar refractivity (Wildman–Crippen MR) is 181 cm³/mol. The van der Waals surface area contributed by atoms with E-state index in [1.54, 1.807) is 0 Å². The molecule has 3 heteroatoms. The first-order valence-electron chi connectivity index (χ1n) is 16.4. The van der Waals surface area contributed by atoms with Crippen LogP contribution in [0.3, 0.4) is 0 Å². The smallest absolute Gasteiger partial charge is 0.235 e. The number of nitrogens with zero attached hydrogens (tertiary/aromatic N) is 3. The molecule has 0 radical (unpaired) electrons. The molecule has 3 unspecified atom stereocenters. The Hall–Kier alpha value is -4.50. The first kappa shape index (κ1) is 24.9. The maximum Gasteiger partial charge on any atom is 0.235 e. The summed E-state index contributed by atoms with van der Waals surface area (Å²) in [5, 5.41) is 6.03. The van der Waals surface area contributed by atoms with Crippen LogP contribution < -0.4 is 0 Å². The highest BCUT2D eigenvalue weighted by Gasteiger charge is 2.57. The molecule has 5 atom stereocenters. The molecule has 0 amide bonds. The van der Waals surface area contributed by atoms with Gasteiger partial charge in [-0.3, -0.25) is 4.57 Å². The highest BCUT2D eigenvalue weighted by Crippen LogP contribution is 2.65. The van der Waals surface area contributed by atoms with Gasteiger partial charge in [-0.2, -0.15) is 0 Å². The van der Waals surface area contributed by atoms with Crippen molar-refractivity contribution >= 4 is 43.5 Å². The van der Waals surface area contributed by atoms with Gasteiger partial charge in [0.2, 0.25) is 5.95 Å². The summed E-state index contributed by atoms with van der Waals surface area (Å²) >= 11 is 0. The van der Waals surface area contributed by atoms with E-state index in [4.69, 9.17) is 9.97 Å². The zero-order valence-electron chi connectivity index (χ0n) is 25.1. The van der Waals surface area contributed by atoms with Crippen molar-refractivity contribution in [3.63, 3.8) is 0 Å². The second-order valence-electron chi connectivity index (χ2n) is 14.2. The summed E-state index contributed by atoms with van der Waals surface area (Å²) in [5.74, 6) is 4.36. The molecule has 3 saturated carbocycles. The minimum absolute atomic E-state index is 0.302. The predicted octanol–water partition coefficient (Wildman–Crippen LogP) is 10.3. The van der Waals surface area contributed by atoms with Gasteiger partial charge >= 0.3 is 0 Å². The highest BCUT2D eigenvalue weighted by molar-refractivity contribution is 6.13. The van der Waals surface area contributed by atoms with E-state index in [1.165, 1.54) is 64.8 Å². The monoisotopic (exact) mass is 569 g/mol. The fourth-order valence-electron chi connectivity index (χ4n) is 9.92. The molecule has 3 fully saturated rings. The van der Waals surface area contributed by atoms with Crippen LogP contribution in [0.25, 0.3) is 60.7 Å². The highest BCUT2D eigenvalue weighted by atomic mass is 15.2. The van der Waals surface area contributed by atoms with E-state index >= 15 is 0 Å². The third kappa shape index (κ3) is 3.44. The largest absolute Gasteiger partial charge is 0.278 e. The number of para-hydroxylation sites is 2. The summed E-state index contributed by atoms with van der Waals surface area (Å²) in [6.45, 7) is 2.50. The van der Waals surface area contributed by atoms with Crippen LogP contribution in [0.4, 0.5) is 0 Å². The number of benzene rings is 5. The molecule has 0 N–H and O–H groups in total. The summed E-state index contributed by atoms with van der Waals surface area (Å²) in [5.41, 5.74) is 7.32. The number of hydrogen-bond acceptors (Lipinski definition) is 2. The van der Waals surface area contributed by atoms with Crippen molar-refractivity contribution in [1.82, 2.24) is 14.5 Å². The van der Waals surface area contributed by atoms with E-state index < -0.39 is 0 Å². The lowest BCUT2D eigenvalue weighted by molar-refractivity contribution is 0.0780. The Labute approximate surface area is 257 Å². The Morgan fingerprint density at radius 3 is 2.23 bits per heavy atom. The maximum atomic E-state index is 5.52. The van der Waals surface area contributed by atoms with Gasteiger partial charge in [0, 0.05) is 21.7 Å². The molecule has 0 aliphatic heterocycles. The van der Waals surface area contributed by atoms with Gasteiger partial charge in [-0.25, -0.2) is 9.97 Å². The molecule has 2 bridgehead atoms. The third-order valence-corrected chi connectivity index (χ3v) is 11.6. The molecule has 3 aliphatic carbocycles. The normalized spacial score (nSPS) is 25.9. The standard InChI is InChI=1S/C41H35N3/c1-25-19-28-20-29-23-41(22-25,24-34(28)29)30-11-8-10-27(21-30)39-38-31-12-3-2-9-26(31)17-18-35(38)42-40(43-39)44-36-15-6-4-13-32(36)33-14-5-7-16-37(33)44/h2-18,21,25,28-29,34H,19-20,22-24H2,1H3/t25-,28?,29-,34?,41?/m0/s1. The lowest BCUT2D eigenvalue weighted by atomic mass is 9.63. The fraction of sp³-hybridized carbons (Fsp3) is 0.268. The zero-order chi connectivity index (χ0) is 29.0. The van der Waals surface area contributed by atoms with Crippen LogP contribution in [0, 0.1) is 23.7 Å². The molecular weight excluding hydrogens is 534 g/mol. The van der Waals surface area contributed by atoms with Crippen molar-refractivity contribution in [2.45, 2.75) is 44.4 Å². The van der Waals surface area contributed by atoms with Gasteiger partial charge in [0.1, 0.15) is 0 Å². The first-order chi connectivity index (χ1) is 21.6. The first-order valence-corrected chi connectivity index (χ1v) is 16.4. The van der Waals surface area contributed by atoms with Gasteiger partial charge in [0.25, 0.3) is 0 Å². The van der Waals surface area contributed by atoms with Crippen LogP contribution >= 0.6 is 0 Å². The Balaban J connectivity index is 1.24. The average Bonchev–Trinajstić information content (AvgIpc) is 3.51. The van der Waals surface area contributed by atoms with E-state index in [-0.39, 0.29) is 0 Å². The van der Waals surface area contributed by atoms with Crippen molar-refractivity contribution in [2.24, 2.45) is 23.7 Å². The van der Waals surface area contributed by atoms with Gasteiger partial charge in [-0.15, -0.1) is 0 Å². The number of aromatic nitrogens is 3. The molecule has 2 heterocycles. The average molecular weight is 570 g/mol. The van der Waals surface area contributed by atoms with Crippen molar-refractivity contribution in [1.29, 1.82) is 0 Å². The molecule has 0 saturated heterocycles. The SMILES string of the molecule is C[C@H]1CC2C[C@H]3CC(c4cccc(-c5nc(-n6c7ccccc7c7ccccc76)nc6ccc7ccccc7c56)c4)(CC23)C1. The van der Waals surface area contributed by atoms with Crippen molar-refractivity contribution < 1.29 is 0 Å². The van der Waals surface area contributed by atoms with E-state index in [2.05, 4.69) is 121 Å². The minimum Gasteiger partial charge on any atom is -0.278 e. The van der Waals surface area contributed by atoms with Crippen LogP contribution in [-0.4, -0.2) is 14.5 Å². The van der Waals surface area contributed by atoms with E-state index in [1.807, 2.05) is 0 Å². The van der Waals surface area contributed by atoms with Crippen molar-refractivity contribution in [3.05, 3.63) is 115 Å². The molecule has 44 heavy (non-hydrogen) atoms. The maximum absolute atomic E-state index is 5.52. The Morgan fingerprint density at radius 1 is 0.659 bits per heavy atom. The lowest BCUT2D eigenvalue weighted by Crippen LogP contribution is -2.34. The van der Waals surface area contributed by atoms with Gasteiger partial charge < -0.3 is 0 Å². The lowest BCUT2D eigenvalue weighted by Gasteiger charge is -2.42. The summed E-state index contributed by atoms with van der Waals surface area (Å²) in [6.07, 6.45) is 6.94. The molecule has 2 aromatic heterocycles. The Morgan fingerprint density at radius 2 is 1.41 bits per heavy atom. The van der Waals surface area contributed by atoms with E-state index in [0.29, 0.717) is 5.41 Å². The molecule has 3 aliphatic rings. The van der Waals surface area contributed by atoms with Crippen molar-refractivity contribution in [3.8, 4) is 17.2 Å². The van der Waals surface area contributed by atoms with Gasteiger partial charge in [0.15, 0.2) is 0 Å². The van der Waals surface area contributed by atoms with Crippen molar-refractivity contribution in [2.75, 3.05) is 0 Å². The minimum atomic E-state index is 0.302. The molecule has 3 nitrogen and oxygen atoms in total. The second-order valence-corrected chi connectivity index (χ2v) is 14.2. The van der Waals surface area contributed by atoms with Gasteiger partial charge in [-0.05, 0) is 102 Å². The number of hydrogen-bond donors (Lipinski definition) is 0. The van der Waals surface area contributed by atoms with Gasteiger partial charge in [0.05, 0.1) is 22.2 Å². The topological polar surface area (TPSA) is 30.7 Å². The second kappa shape index (κ2) is 9.01. The Kier molecular flexibility index (Phi) is 5.10. The molecule has 214 valence electrons. The van der Waals surface area contributed by atoms with Gasteiger partial charge in [-0.1, -0.05) is 91.9 Å². The molecule has 5 aromatic carbocycles. The molecule has 10 rings (SSSR count). The number of fused-ring (bicyclic) bond motifs is 7. The van der Waals surface area contributed by atoms with Crippen LogP contribution in [0.5, 0.6) is 0 Å². The van der Waals surface area contributed by atoms with E-state index in [9.17, 15) is 0 Å². The van der Waals surface area contributed by atoms with Crippen LogP contribution in [0.1, 0.15) is 44.6 Å². The Bertz CT molecular complexity index is 2220. The van der Waals surface area contributed by atoms with Crippen LogP contribution in [0.15, 0.2) is 109 Å². The summed E-state index contributed by atoms with van der Waals surface area (Å²) in [4.78, 5) is 10.8. The third-order valence-electron chi connectivity index (χ3n) is 11.6. The van der Waals surface area contributed by atoms with E-state index in [0.717, 1.165) is 57.3 Å². The molecular formula is C41H35N3. The quantitative estimate of drug-likeness (QED) is 0.198. The van der Waals surface area contributed by atoms with Crippen LogP contribution in [-0.2, 0) is 5.41 Å². The number of rotatable bonds is 3.